The summed E-state index contributed by atoms with van der Waals surface area (Å²) in [4.78, 5) is 3.98. The van der Waals surface area contributed by atoms with Gasteiger partial charge in [0.25, 0.3) is 0 Å². The molecule has 0 fully saturated rings. The minimum absolute atomic E-state index is 0.203. The maximum Gasteiger partial charge on any atom is 0.123 e. The Kier molecular flexibility index (Phi) is 3.33. The van der Waals surface area contributed by atoms with Crippen molar-refractivity contribution in [1.29, 1.82) is 0 Å². The molecule has 2 heteroatoms. The van der Waals surface area contributed by atoms with Crippen LogP contribution in [-0.2, 0) is 6.42 Å². The molecule has 0 N–H and O–H groups in total. The number of rotatable bonds is 3. The van der Waals surface area contributed by atoms with Crippen LogP contribution in [0.25, 0.3) is 0 Å². The zero-order valence-corrected chi connectivity index (χ0v) is 9.78. The Morgan fingerprint density at radius 2 is 1.71 bits per heavy atom. The van der Waals surface area contributed by atoms with E-state index in [9.17, 15) is 4.39 Å². The molecule has 2 rings (SSSR count). The van der Waals surface area contributed by atoms with E-state index in [1.54, 1.807) is 12.1 Å². The molecule has 0 unspecified atom stereocenters. The Morgan fingerprint density at radius 1 is 1.06 bits per heavy atom. The highest BCUT2D eigenvalue weighted by Gasteiger charge is 2.00. The average Bonchev–Trinajstić information content (AvgIpc) is 2.34. The van der Waals surface area contributed by atoms with Crippen molar-refractivity contribution in [3.63, 3.8) is 0 Å². The monoisotopic (exact) mass is 227 g/mol. The molecule has 0 heterocycles. The Labute approximate surface area is 101 Å². The van der Waals surface area contributed by atoms with Gasteiger partial charge in [-0.15, -0.1) is 0 Å². The minimum atomic E-state index is -0.203. The molecule has 0 radical (unpaired) electrons. The Morgan fingerprint density at radius 3 is 2.35 bits per heavy atom. The number of halogens is 1. The molecule has 1 nitrogen and oxygen atoms in total. The molecular formula is C15H14FN. The second-order valence-electron chi connectivity index (χ2n) is 4.08. The van der Waals surface area contributed by atoms with Gasteiger partial charge >= 0.3 is 0 Å². The highest BCUT2D eigenvalue weighted by Crippen LogP contribution is 2.21. The quantitative estimate of drug-likeness (QED) is 0.701. The van der Waals surface area contributed by atoms with Crippen LogP contribution in [0.1, 0.15) is 16.7 Å². The third kappa shape index (κ3) is 2.78. The fourth-order valence-electron chi connectivity index (χ4n) is 1.77. The number of benzene rings is 2. The third-order valence-corrected chi connectivity index (χ3v) is 2.77. The van der Waals surface area contributed by atoms with Crippen LogP contribution < -0.4 is 0 Å². The minimum Gasteiger partial charge on any atom is -0.264 e. The van der Waals surface area contributed by atoms with Crippen LogP contribution in [0.5, 0.6) is 0 Å². The Hall–Kier alpha value is -1.96. The smallest absolute Gasteiger partial charge is 0.123 e. The first-order valence-electron chi connectivity index (χ1n) is 5.50. The average molecular weight is 227 g/mol. The zero-order chi connectivity index (χ0) is 12.3. The summed E-state index contributed by atoms with van der Waals surface area (Å²) in [7, 11) is 0. The molecule has 0 atom stereocenters. The summed E-state index contributed by atoms with van der Waals surface area (Å²) in [6.45, 7) is 5.56. The van der Waals surface area contributed by atoms with Crippen LogP contribution in [-0.4, -0.2) is 6.72 Å². The zero-order valence-electron chi connectivity index (χ0n) is 9.78. The maximum atomic E-state index is 12.8. The summed E-state index contributed by atoms with van der Waals surface area (Å²) in [5, 5.41) is 0. The van der Waals surface area contributed by atoms with Gasteiger partial charge in [0.05, 0.1) is 5.69 Å². The molecule has 2 aromatic rings. The van der Waals surface area contributed by atoms with Gasteiger partial charge in [-0.05, 0) is 55.0 Å². The molecule has 0 saturated heterocycles. The van der Waals surface area contributed by atoms with Crippen molar-refractivity contribution in [1.82, 2.24) is 0 Å². The van der Waals surface area contributed by atoms with Crippen LogP contribution in [0, 0.1) is 12.7 Å². The Balaban J connectivity index is 2.24. The van der Waals surface area contributed by atoms with E-state index in [2.05, 4.69) is 17.8 Å². The summed E-state index contributed by atoms with van der Waals surface area (Å²) in [5.41, 5.74) is 4.27. The number of hydrogen-bond donors (Lipinski definition) is 0. The van der Waals surface area contributed by atoms with Crippen LogP contribution in [0.2, 0.25) is 0 Å². The molecule has 0 aromatic heterocycles. The molecule has 0 saturated carbocycles. The van der Waals surface area contributed by atoms with Gasteiger partial charge in [-0.3, -0.25) is 4.99 Å². The lowest BCUT2D eigenvalue weighted by Crippen LogP contribution is -1.89. The standard InChI is InChI=1S/C15H14FN/c1-11-3-4-13(10-15(11)17-2)9-12-5-7-14(16)8-6-12/h3-8,10H,2,9H2,1H3. The fraction of sp³-hybridized carbons (Fsp3) is 0.133. The first-order chi connectivity index (χ1) is 8.19. The van der Waals surface area contributed by atoms with Crippen LogP contribution in [0.3, 0.4) is 0 Å². The lowest BCUT2D eigenvalue weighted by atomic mass is 10.0. The molecule has 0 amide bonds. The van der Waals surface area contributed by atoms with E-state index in [4.69, 9.17) is 0 Å². The molecule has 0 aliphatic carbocycles. The van der Waals surface area contributed by atoms with Crippen molar-refractivity contribution in [3.05, 3.63) is 65.0 Å². The van der Waals surface area contributed by atoms with Crippen molar-refractivity contribution >= 4 is 12.4 Å². The van der Waals surface area contributed by atoms with Gasteiger partial charge in [0, 0.05) is 0 Å². The van der Waals surface area contributed by atoms with Gasteiger partial charge in [0.15, 0.2) is 0 Å². The first-order valence-corrected chi connectivity index (χ1v) is 5.50. The predicted octanol–water partition coefficient (Wildman–Crippen LogP) is 4.06. The van der Waals surface area contributed by atoms with Crippen molar-refractivity contribution in [2.24, 2.45) is 4.99 Å². The second kappa shape index (κ2) is 4.91. The summed E-state index contributed by atoms with van der Waals surface area (Å²) < 4.78 is 12.8. The van der Waals surface area contributed by atoms with E-state index < -0.39 is 0 Å². The highest BCUT2D eigenvalue weighted by atomic mass is 19.1. The molecule has 0 aliphatic rings. The van der Waals surface area contributed by atoms with Gasteiger partial charge in [-0.25, -0.2) is 4.39 Å². The number of aliphatic imine (C=N–C) groups is 1. The summed E-state index contributed by atoms with van der Waals surface area (Å²) in [6.07, 6.45) is 0.781. The fourth-order valence-corrected chi connectivity index (χ4v) is 1.77. The maximum absolute atomic E-state index is 12.8. The van der Waals surface area contributed by atoms with Crippen molar-refractivity contribution in [3.8, 4) is 0 Å². The van der Waals surface area contributed by atoms with E-state index in [1.165, 1.54) is 12.1 Å². The van der Waals surface area contributed by atoms with Crippen LogP contribution in [0.15, 0.2) is 47.5 Å². The number of hydrogen-bond acceptors (Lipinski definition) is 1. The topological polar surface area (TPSA) is 12.4 Å². The number of nitrogens with zero attached hydrogens (tertiary/aromatic N) is 1. The van der Waals surface area contributed by atoms with Crippen molar-refractivity contribution in [2.75, 3.05) is 0 Å². The SMILES string of the molecule is C=Nc1cc(Cc2ccc(F)cc2)ccc1C. The van der Waals surface area contributed by atoms with Crippen molar-refractivity contribution < 1.29 is 4.39 Å². The predicted molar refractivity (Wildman–Crippen MR) is 69.6 cm³/mol. The molecule has 0 aliphatic heterocycles. The van der Waals surface area contributed by atoms with Gasteiger partial charge < -0.3 is 0 Å². The summed E-state index contributed by atoms with van der Waals surface area (Å²) in [5.74, 6) is -0.203. The highest BCUT2D eigenvalue weighted by molar-refractivity contribution is 5.53. The first kappa shape index (κ1) is 11.5. The Bertz CT molecular complexity index is 529. The molecular weight excluding hydrogens is 213 g/mol. The van der Waals surface area contributed by atoms with E-state index in [0.717, 1.165) is 28.8 Å². The van der Waals surface area contributed by atoms with E-state index in [0.29, 0.717) is 0 Å². The second-order valence-corrected chi connectivity index (χ2v) is 4.08. The molecule has 86 valence electrons. The van der Waals surface area contributed by atoms with Gasteiger partial charge in [-0.2, -0.15) is 0 Å². The normalized spacial score (nSPS) is 10.2. The molecule has 0 bridgehead atoms. The molecule has 0 spiro atoms. The van der Waals surface area contributed by atoms with Gasteiger partial charge in [-0.1, -0.05) is 24.3 Å². The molecule has 17 heavy (non-hydrogen) atoms. The van der Waals surface area contributed by atoms with Crippen LogP contribution in [0.4, 0.5) is 10.1 Å². The van der Waals surface area contributed by atoms with E-state index in [-0.39, 0.29) is 5.82 Å². The summed E-state index contributed by atoms with van der Waals surface area (Å²) >= 11 is 0. The third-order valence-electron chi connectivity index (χ3n) is 2.77. The lowest BCUT2D eigenvalue weighted by Gasteiger charge is -2.05. The van der Waals surface area contributed by atoms with Crippen LogP contribution >= 0.6 is 0 Å². The molecule has 2 aromatic carbocycles. The number of aryl methyl sites for hydroxylation is 1. The van der Waals surface area contributed by atoms with Crippen molar-refractivity contribution in [2.45, 2.75) is 13.3 Å². The van der Waals surface area contributed by atoms with Gasteiger partial charge in [0.2, 0.25) is 0 Å². The summed E-state index contributed by atoms with van der Waals surface area (Å²) in [6, 6.07) is 12.7. The van der Waals surface area contributed by atoms with E-state index >= 15 is 0 Å². The lowest BCUT2D eigenvalue weighted by molar-refractivity contribution is 0.627. The van der Waals surface area contributed by atoms with Gasteiger partial charge in [0.1, 0.15) is 5.82 Å². The van der Waals surface area contributed by atoms with E-state index in [1.807, 2.05) is 19.1 Å². The largest absolute Gasteiger partial charge is 0.264 e.